The Balaban J connectivity index is 2.25. The Kier molecular flexibility index (Phi) is 2.82. The molecule has 2 atom stereocenters. The van der Waals surface area contributed by atoms with Gasteiger partial charge in [0.05, 0.1) is 0 Å². The largest absolute Gasteiger partial charge is 0.504 e. The van der Waals surface area contributed by atoms with Crippen LogP contribution in [0.25, 0.3) is 0 Å². The minimum absolute atomic E-state index is 0.0192. The maximum atomic E-state index is 9.45. The third kappa shape index (κ3) is 1.92. The lowest BCUT2D eigenvalue weighted by Crippen LogP contribution is -2.24. The van der Waals surface area contributed by atoms with Crippen LogP contribution in [0.5, 0.6) is 11.5 Å². The summed E-state index contributed by atoms with van der Waals surface area (Å²) in [6.07, 6.45) is 2.19. The summed E-state index contributed by atoms with van der Waals surface area (Å²) < 4.78 is 0. The highest BCUT2D eigenvalue weighted by Gasteiger charge is 2.26. The minimum Gasteiger partial charge on any atom is -0.504 e. The highest BCUT2D eigenvalue weighted by Crippen LogP contribution is 2.34. The molecular formula is C12H17NO2. The van der Waals surface area contributed by atoms with Gasteiger partial charge in [0, 0.05) is 12.0 Å². The van der Waals surface area contributed by atoms with Gasteiger partial charge >= 0.3 is 0 Å². The number of hydrogen-bond donors (Lipinski definition) is 3. The van der Waals surface area contributed by atoms with Gasteiger partial charge in [0.15, 0.2) is 11.5 Å². The lowest BCUT2D eigenvalue weighted by atomic mass is 9.90. The Labute approximate surface area is 89.8 Å². The first-order chi connectivity index (χ1) is 7.22. The van der Waals surface area contributed by atoms with Gasteiger partial charge in [0.2, 0.25) is 0 Å². The smallest absolute Gasteiger partial charge is 0.157 e. The molecule has 1 saturated heterocycles. The maximum Gasteiger partial charge on any atom is 0.157 e. The summed E-state index contributed by atoms with van der Waals surface area (Å²) in [5.74, 6) is 0.397. The van der Waals surface area contributed by atoms with Crippen molar-refractivity contribution in [3.8, 4) is 11.5 Å². The average molecular weight is 207 g/mol. The standard InChI is InChI=1S/C12H17NO2/c1-2-10-9(5-6-13-10)8-3-4-11(14)12(15)7-8/h3-4,7,9-10,13-15H,2,5-6H2,1H3/t9?,10-/m0/s1. The Morgan fingerprint density at radius 2 is 2.13 bits per heavy atom. The quantitative estimate of drug-likeness (QED) is 0.650. The summed E-state index contributed by atoms with van der Waals surface area (Å²) in [5, 5.41) is 22.1. The normalized spacial score (nSPS) is 25.7. The van der Waals surface area contributed by atoms with Crippen LogP contribution in [0.1, 0.15) is 31.2 Å². The van der Waals surface area contributed by atoms with E-state index in [1.54, 1.807) is 12.1 Å². The van der Waals surface area contributed by atoms with Crippen molar-refractivity contribution in [3.63, 3.8) is 0 Å². The van der Waals surface area contributed by atoms with Gasteiger partial charge in [-0.05, 0) is 37.1 Å². The lowest BCUT2D eigenvalue weighted by molar-refractivity contribution is 0.402. The fourth-order valence-corrected chi connectivity index (χ4v) is 2.37. The predicted molar refractivity (Wildman–Crippen MR) is 59.2 cm³/mol. The molecule has 1 aliphatic heterocycles. The van der Waals surface area contributed by atoms with Crippen molar-refractivity contribution < 1.29 is 10.2 Å². The first kappa shape index (κ1) is 10.3. The lowest BCUT2D eigenvalue weighted by Gasteiger charge is -2.18. The van der Waals surface area contributed by atoms with E-state index in [9.17, 15) is 10.2 Å². The molecular weight excluding hydrogens is 190 g/mol. The highest BCUT2D eigenvalue weighted by molar-refractivity contribution is 5.42. The van der Waals surface area contributed by atoms with Crippen LogP contribution in [-0.2, 0) is 0 Å². The van der Waals surface area contributed by atoms with Crippen molar-refractivity contribution in [3.05, 3.63) is 23.8 Å². The molecule has 3 nitrogen and oxygen atoms in total. The first-order valence-electron chi connectivity index (χ1n) is 5.47. The molecule has 15 heavy (non-hydrogen) atoms. The molecule has 0 aliphatic carbocycles. The number of rotatable bonds is 2. The van der Waals surface area contributed by atoms with E-state index in [0.717, 1.165) is 24.9 Å². The molecule has 1 aliphatic rings. The molecule has 0 saturated carbocycles. The summed E-state index contributed by atoms with van der Waals surface area (Å²) in [5.41, 5.74) is 1.11. The number of phenols is 2. The molecule has 82 valence electrons. The van der Waals surface area contributed by atoms with E-state index in [-0.39, 0.29) is 11.5 Å². The van der Waals surface area contributed by atoms with Gasteiger partial charge in [-0.3, -0.25) is 0 Å². The van der Waals surface area contributed by atoms with Crippen LogP contribution in [0.4, 0.5) is 0 Å². The fourth-order valence-electron chi connectivity index (χ4n) is 2.37. The number of phenolic OH excluding ortho intramolecular Hbond substituents is 2. The Bertz CT molecular complexity index is 351. The summed E-state index contributed by atoms with van der Waals surface area (Å²) in [4.78, 5) is 0. The average Bonchev–Trinajstić information content (AvgIpc) is 2.70. The van der Waals surface area contributed by atoms with Crippen molar-refractivity contribution in [1.29, 1.82) is 0 Å². The summed E-state index contributed by atoms with van der Waals surface area (Å²) in [6, 6.07) is 5.63. The van der Waals surface area contributed by atoms with Crippen molar-refractivity contribution in [2.75, 3.05) is 6.54 Å². The number of hydrogen-bond acceptors (Lipinski definition) is 3. The zero-order valence-electron chi connectivity index (χ0n) is 8.90. The predicted octanol–water partition coefficient (Wildman–Crippen LogP) is 1.95. The molecule has 1 fully saturated rings. The molecule has 1 heterocycles. The second-order valence-electron chi connectivity index (χ2n) is 4.11. The van der Waals surface area contributed by atoms with Gasteiger partial charge in [-0.15, -0.1) is 0 Å². The summed E-state index contributed by atoms with van der Waals surface area (Å²) in [6.45, 7) is 3.20. The molecule has 0 spiro atoms. The van der Waals surface area contributed by atoms with Gasteiger partial charge in [-0.25, -0.2) is 0 Å². The Hall–Kier alpha value is -1.22. The molecule has 0 aromatic heterocycles. The molecule has 1 unspecified atom stereocenters. The highest BCUT2D eigenvalue weighted by atomic mass is 16.3. The van der Waals surface area contributed by atoms with Gasteiger partial charge in [0.25, 0.3) is 0 Å². The number of nitrogens with one attached hydrogen (secondary N) is 1. The maximum absolute atomic E-state index is 9.45. The summed E-state index contributed by atoms with van der Waals surface area (Å²) in [7, 11) is 0. The molecule has 3 N–H and O–H groups in total. The Morgan fingerprint density at radius 1 is 1.33 bits per heavy atom. The SMILES string of the molecule is CC[C@@H]1NCCC1c1ccc(O)c(O)c1. The third-order valence-electron chi connectivity index (χ3n) is 3.22. The van der Waals surface area contributed by atoms with Crippen LogP contribution in [0.15, 0.2) is 18.2 Å². The third-order valence-corrected chi connectivity index (χ3v) is 3.22. The van der Waals surface area contributed by atoms with Crippen LogP contribution in [0.2, 0.25) is 0 Å². The molecule has 0 radical (unpaired) electrons. The molecule has 1 aromatic carbocycles. The zero-order chi connectivity index (χ0) is 10.8. The topological polar surface area (TPSA) is 52.5 Å². The van der Waals surface area contributed by atoms with E-state index >= 15 is 0 Å². The van der Waals surface area contributed by atoms with E-state index in [1.165, 1.54) is 0 Å². The second-order valence-corrected chi connectivity index (χ2v) is 4.11. The van der Waals surface area contributed by atoms with Crippen LogP contribution in [0.3, 0.4) is 0 Å². The van der Waals surface area contributed by atoms with Crippen LogP contribution >= 0.6 is 0 Å². The van der Waals surface area contributed by atoms with E-state index in [2.05, 4.69) is 12.2 Å². The van der Waals surface area contributed by atoms with E-state index < -0.39 is 0 Å². The van der Waals surface area contributed by atoms with E-state index in [1.807, 2.05) is 6.07 Å². The molecule has 0 bridgehead atoms. The van der Waals surface area contributed by atoms with Crippen LogP contribution < -0.4 is 5.32 Å². The monoisotopic (exact) mass is 207 g/mol. The van der Waals surface area contributed by atoms with Gasteiger partial charge in [-0.2, -0.15) is 0 Å². The van der Waals surface area contributed by atoms with E-state index in [4.69, 9.17) is 0 Å². The van der Waals surface area contributed by atoms with Crippen molar-refractivity contribution in [1.82, 2.24) is 5.32 Å². The first-order valence-corrected chi connectivity index (χ1v) is 5.47. The summed E-state index contributed by atoms with van der Waals surface area (Å²) >= 11 is 0. The fraction of sp³-hybridized carbons (Fsp3) is 0.500. The van der Waals surface area contributed by atoms with Crippen molar-refractivity contribution in [2.45, 2.75) is 31.7 Å². The van der Waals surface area contributed by atoms with Gasteiger partial charge in [-0.1, -0.05) is 13.0 Å². The second kappa shape index (κ2) is 4.11. The van der Waals surface area contributed by atoms with Crippen molar-refractivity contribution in [2.24, 2.45) is 0 Å². The van der Waals surface area contributed by atoms with Crippen LogP contribution in [-0.4, -0.2) is 22.8 Å². The van der Waals surface area contributed by atoms with Gasteiger partial charge < -0.3 is 15.5 Å². The van der Waals surface area contributed by atoms with Gasteiger partial charge in [0.1, 0.15) is 0 Å². The van der Waals surface area contributed by atoms with Crippen molar-refractivity contribution >= 4 is 0 Å². The molecule has 3 heteroatoms. The Morgan fingerprint density at radius 3 is 2.80 bits per heavy atom. The van der Waals surface area contributed by atoms with E-state index in [0.29, 0.717) is 12.0 Å². The minimum atomic E-state index is -0.0437. The zero-order valence-corrected chi connectivity index (χ0v) is 8.90. The molecule has 0 amide bonds. The number of aromatic hydroxyl groups is 2. The number of benzene rings is 1. The molecule has 2 rings (SSSR count). The van der Waals surface area contributed by atoms with Crippen LogP contribution in [0, 0.1) is 0 Å². The molecule has 1 aromatic rings.